The molecule has 80 valence electrons. The Labute approximate surface area is 80.5 Å². The van der Waals surface area contributed by atoms with Crippen LogP contribution in [0.15, 0.2) is 18.3 Å². The maximum absolute atomic E-state index is 11.8. The van der Waals surface area contributed by atoms with E-state index in [4.69, 9.17) is 5.73 Å². The number of rotatable bonds is 4. The Bertz CT molecular complexity index is 278. The molecule has 5 heteroatoms. The summed E-state index contributed by atoms with van der Waals surface area (Å²) in [5.74, 6) is 0. The number of hydrogen-bond donors (Lipinski definition) is 1. The minimum atomic E-state index is -4.06. The summed E-state index contributed by atoms with van der Waals surface area (Å²) >= 11 is 0. The number of nitrogens with zero attached hydrogens (tertiary/aromatic N) is 1. The van der Waals surface area contributed by atoms with E-state index in [-0.39, 0.29) is 6.42 Å². The van der Waals surface area contributed by atoms with Crippen molar-refractivity contribution in [2.45, 2.75) is 32.1 Å². The van der Waals surface area contributed by atoms with Gasteiger partial charge in [0.15, 0.2) is 0 Å². The number of alkyl halides is 3. The van der Waals surface area contributed by atoms with Crippen molar-refractivity contribution in [1.82, 2.24) is 4.57 Å². The zero-order valence-electron chi connectivity index (χ0n) is 7.72. The van der Waals surface area contributed by atoms with Gasteiger partial charge < -0.3 is 10.3 Å². The Balaban J connectivity index is 2.38. The highest BCUT2D eigenvalue weighted by Gasteiger charge is 2.25. The van der Waals surface area contributed by atoms with Gasteiger partial charge in [0.2, 0.25) is 0 Å². The van der Waals surface area contributed by atoms with E-state index in [1.165, 1.54) is 0 Å². The highest BCUT2D eigenvalue weighted by molar-refractivity contribution is 5.06. The fraction of sp³-hybridized carbons (Fsp3) is 0.556. The molecule has 0 aromatic carbocycles. The number of aromatic nitrogens is 1. The van der Waals surface area contributed by atoms with E-state index < -0.39 is 12.6 Å². The van der Waals surface area contributed by atoms with Crippen LogP contribution in [0.4, 0.5) is 13.2 Å². The van der Waals surface area contributed by atoms with Crippen molar-refractivity contribution in [2.24, 2.45) is 5.73 Å². The van der Waals surface area contributed by atoms with Gasteiger partial charge in [-0.3, -0.25) is 0 Å². The van der Waals surface area contributed by atoms with E-state index in [1.54, 1.807) is 16.8 Å². The SMILES string of the molecule is NCc1cccn1CCCC(F)(F)F. The fourth-order valence-electron chi connectivity index (χ4n) is 1.30. The van der Waals surface area contributed by atoms with Gasteiger partial charge in [-0.1, -0.05) is 0 Å². The van der Waals surface area contributed by atoms with Gasteiger partial charge in [0.1, 0.15) is 0 Å². The third-order valence-corrected chi connectivity index (χ3v) is 1.99. The molecule has 2 nitrogen and oxygen atoms in total. The molecule has 0 amide bonds. The van der Waals surface area contributed by atoms with Gasteiger partial charge in [0.25, 0.3) is 0 Å². The second kappa shape index (κ2) is 4.50. The van der Waals surface area contributed by atoms with E-state index in [1.807, 2.05) is 6.07 Å². The van der Waals surface area contributed by atoms with Gasteiger partial charge in [0.05, 0.1) is 0 Å². The average Bonchev–Trinajstić information content (AvgIpc) is 2.49. The molecule has 0 bridgehead atoms. The lowest BCUT2D eigenvalue weighted by atomic mass is 10.3. The van der Waals surface area contributed by atoms with Gasteiger partial charge in [0, 0.05) is 31.4 Å². The van der Waals surface area contributed by atoms with Crippen LogP contribution in [0.2, 0.25) is 0 Å². The predicted molar refractivity (Wildman–Crippen MR) is 47.6 cm³/mol. The third-order valence-electron chi connectivity index (χ3n) is 1.99. The van der Waals surface area contributed by atoms with Crippen LogP contribution in [0.5, 0.6) is 0 Å². The molecule has 2 N–H and O–H groups in total. The molecule has 1 aromatic rings. The van der Waals surface area contributed by atoms with Crippen molar-refractivity contribution in [1.29, 1.82) is 0 Å². The summed E-state index contributed by atoms with van der Waals surface area (Å²) in [5.41, 5.74) is 6.28. The highest BCUT2D eigenvalue weighted by atomic mass is 19.4. The van der Waals surface area contributed by atoms with E-state index in [2.05, 4.69) is 0 Å². The molecule has 1 aromatic heterocycles. The molecule has 0 fully saturated rings. The van der Waals surface area contributed by atoms with Crippen LogP contribution in [0.25, 0.3) is 0 Å². The molecular weight excluding hydrogens is 193 g/mol. The first-order valence-electron chi connectivity index (χ1n) is 4.44. The molecule has 0 aliphatic carbocycles. The van der Waals surface area contributed by atoms with Gasteiger partial charge in [-0.25, -0.2) is 0 Å². The second-order valence-corrected chi connectivity index (χ2v) is 3.12. The third kappa shape index (κ3) is 3.41. The van der Waals surface area contributed by atoms with Crippen LogP contribution in [0.1, 0.15) is 18.5 Å². The standard InChI is InChI=1S/C9H13F3N2/c10-9(11,12)4-2-6-14-5-1-3-8(14)7-13/h1,3,5H,2,4,6-7,13H2. The molecular formula is C9H13F3N2. The topological polar surface area (TPSA) is 30.9 Å². The van der Waals surface area contributed by atoms with E-state index in [9.17, 15) is 13.2 Å². The summed E-state index contributed by atoms with van der Waals surface area (Å²) in [4.78, 5) is 0. The fourth-order valence-corrected chi connectivity index (χ4v) is 1.30. The van der Waals surface area contributed by atoms with Gasteiger partial charge in [-0.05, 0) is 18.6 Å². The molecule has 0 saturated carbocycles. The number of halogens is 3. The highest BCUT2D eigenvalue weighted by Crippen LogP contribution is 2.21. The molecule has 0 aliphatic rings. The lowest BCUT2D eigenvalue weighted by Crippen LogP contribution is -2.11. The molecule has 0 saturated heterocycles. The molecule has 1 heterocycles. The van der Waals surface area contributed by atoms with Crippen molar-refractivity contribution in [3.05, 3.63) is 24.0 Å². The number of hydrogen-bond acceptors (Lipinski definition) is 1. The number of nitrogens with two attached hydrogens (primary N) is 1. The summed E-state index contributed by atoms with van der Waals surface area (Å²) in [5, 5.41) is 0. The molecule has 0 radical (unpaired) electrons. The van der Waals surface area contributed by atoms with Gasteiger partial charge in [-0.2, -0.15) is 13.2 Å². The Morgan fingerprint density at radius 3 is 2.64 bits per heavy atom. The Kier molecular flexibility index (Phi) is 3.57. The Morgan fingerprint density at radius 2 is 2.07 bits per heavy atom. The predicted octanol–water partition coefficient (Wildman–Crippen LogP) is 2.29. The summed E-state index contributed by atoms with van der Waals surface area (Å²) in [6.45, 7) is 0.734. The van der Waals surface area contributed by atoms with Crippen LogP contribution < -0.4 is 5.73 Å². The summed E-state index contributed by atoms with van der Waals surface area (Å²) in [6, 6.07) is 3.60. The lowest BCUT2D eigenvalue weighted by molar-refractivity contribution is -0.135. The van der Waals surface area contributed by atoms with Crippen molar-refractivity contribution in [3.63, 3.8) is 0 Å². The Hall–Kier alpha value is -0.970. The van der Waals surface area contributed by atoms with E-state index in [0.717, 1.165) is 5.69 Å². The van der Waals surface area contributed by atoms with Crippen molar-refractivity contribution < 1.29 is 13.2 Å². The van der Waals surface area contributed by atoms with Crippen molar-refractivity contribution in [2.75, 3.05) is 0 Å². The minimum Gasteiger partial charge on any atom is -0.350 e. The Morgan fingerprint density at radius 1 is 1.36 bits per heavy atom. The zero-order chi connectivity index (χ0) is 10.6. The monoisotopic (exact) mass is 206 g/mol. The van der Waals surface area contributed by atoms with Crippen LogP contribution in [0, 0.1) is 0 Å². The molecule has 0 unspecified atom stereocenters. The van der Waals surface area contributed by atoms with E-state index in [0.29, 0.717) is 13.1 Å². The maximum atomic E-state index is 11.8. The van der Waals surface area contributed by atoms with Gasteiger partial charge >= 0.3 is 6.18 Å². The van der Waals surface area contributed by atoms with Crippen LogP contribution >= 0.6 is 0 Å². The smallest absolute Gasteiger partial charge is 0.350 e. The number of aryl methyl sites for hydroxylation is 1. The molecule has 0 atom stereocenters. The summed E-state index contributed by atoms with van der Waals surface area (Å²) < 4.78 is 37.3. The summed E-state index contributed by atoms with van der Waals surface area (Å²) in [6.07, 6.45) is -2.95. The first-order valence-corrected chi connectivity index (χ1v) is 4.44. The minimum absolute atomic E-state index is 0.102. The van der Waals surface area contributed by atoms with Crippen molar-refractivity contribution >= 4 is 0 Å². The molecule has 1 rings (SSSR count). The maximum Gasteiger partial charge on any atom is 0.389 e. The largest absolute Gasteiger partial charge is 0.389 e. The normalized spacial score (nSPS) is 12.0. The first kappa shape index (κ1) is 11.1. The van der Waals surface area contributed by atoms with E-state index >= 15 is 0 Å². The summed E-state index contributed by atoms with van der Waals surface area (Å²) in [7, 11) is 0. The first-order chi connectivity index (χ1) is 6.53. The average molecular weight is 206 g/mol. The second-order valence-electron chi connectivity index (χ2n) is 3.12. The van der Waals surface area contributed by atoms with Crippen LogP contribution in [-0.4, -0.2) is 10.7 Å². The van der Waals surface area contributed by atoms with Crippen LogP contribution in [0.3, 0.4) is 0 Å². The van der Waals surface area contributed by atoms with Gasteiger partial charge in [-0.15, -0.1) is 0 Å². The van der Waals surface area contributed by atoms with Crippen LogP contribution in [-0.2, 0) is 13.1 Å². The molecule has 0 spiro atoms. The lowest BCUT2D eigenvalue weighted by Gasteiger charge is -2.09. The molecule has 0 aliphatic heterocycles. The zero-order valence-corrected chi connectivity index (χ0v) is 7.72. The van der Waals surface area contributed by atoms with Crippen molar-refractivity contribution in [3.8, 4) is 0 Å². The molecule has 14 heavy (non-hydrogen) atoms. The quantitative estimate of drug-likeness (QED) is 0.805.